The van der Waals surface area contributed by atoms with Crippen LogP contribution in [0.25, 0.3) is 0 Å². The number of carboxylic acids is 1. The lowest BCUT2D eigenvalue weighted by Gasteiger charge is -2.30. The van der Waals surface area contributed by atoms with Crippen molar-refractivity contribution in [3.63, 3.8) is 0 Å². The predicted octanol–water partition coefficient (Wildman–Crippen LogP) is 0.934. The Bertz CT molecular complexity index is 683. The number of hydrogen-bond donors (Lipinski definition) is 1. The quantitative estimate of drug-likeness (QED) is 0.419. The molecule has 2 saturated carbocycles. The fourth-order valence-electron chi connectivity index (χ4n) is 4.29. The van der Waals surface area contributed by atoms with Crippen LogP contribution in [0.15, 0.2) is 12.2 Å². The third-order valence-electron chi connectivity index (χ3n) is 5.80. The van der Waals surface area contributed by atoms with E-state index in [9.17, 15) is 24.3 Å². The molecule has 0 aromatic heterocycles. The average Bonchev–Trinajstić information content (AvgIpc) is 3.16. The minimum absolute atomic E-state index is 0.221. The van der Waals surface area contributed by atoms with Crippen LogP contribution in [0.5, 0.6) is 0 Å². The monoisotopic (exact) mass is 366 g/mol. The van der Waals surface area contributed by atoms with Gasteiger partial charge in [-0.25, -0.2) is 4.79 Å². The minimum atomic E-state index is -1.07. The molecule has 2 aliphatic carbocycles. The van der Waals surface area contributed by atoms with Gasteiger partial charge in [0.2, 0.25) is 0 Å². The Hall–Kier alpha value is -2.38. The molecule has 0 radical (unpaired) electrons. The summed E-state index contributed by atoms with van der Waals surface area (Å²) in [4.78, 5) is 47.6. The van der Waals surface area contributed by atoms with Crippen molar-refractivity contribution >= 4 is 23.9 Å². The zero-order valence-electron chi connectivity index (χ0n) is 14.8. The standard InChI is InChI=1S/C18H22O8/c1-6(2)16(21)24-8(4)7(3)17(22)25-13-9-5-10-12(11(9)15(19)20)18(23)26-14(10)13/h7-14H,1,5H2,2-4H3,(H,19,20). The molecule has 1 saturated heterocycles. The molecule has 3 fully saturated rings. The zero-order valence-corrected chi connectivity index (χ0v) is 14.8. The summed E-state index contributed by atoms with van der Waals surface area (Å²) in [5.41, 5.74) is 0.221. The Morgan fingerprint density at radius 1 is 1.27 bits per heavy atom. The van der Waals surface area contributed by atoms with Crippen LogP contribution in [0.3, 0.4) is 0 Å². The van der Waals surface area contributed by atoms with Crippen molar-refractivity contribution in [2.75, 3.05) is 0 Å². The molecule has 0 aromatic carbocycles. The van der Waals surface area contributed by atoms with Crippen LogP contribution in [-0.4, -0.2) is 47.3 Å². The van der Waals surface area contributed by atoms with E-state index in [1.165, 1.54) is 6.92 Å². The van der Waals surface area contributed by atoms with Gasteiger partial charge in [-0.2, -0.15) is 0 Å². The highest BCUT2D eigenvalue weighted by molar-refractivity contribution is 5.87. The zero-order chi connectivity index (χ0) is 19.3. The molecular formula is C18H22O8. The third-order valence-corrected chi connectivity index (χ3v) is 5.80. The lowest BCUT2D eigenvalue weighted by molar-refractivity contribution is -0.173. The van der Waals surface area contributed by atoms with Gasteiger partial charge in [0, 0.05) is 17.4 Å². The molecule has 3 aliphatic rings. The summed E-state index contributed by atoms with van der Waals surface area (Å²) in [5.74, 6) is -5.77. The van der Waals surface area contributed by atoms with Crippen LogP contribution >= 0.6 is 0 Å². The normalized spacial score (nSPS) is 36.2. The fourth-order valence-corrected chi connectivity index (χ4v) is 4.29. The van der Waals surface area contributed by atoms with Gasteiger partial charge in [-0.05, 0) is 27.2 Å². The van der Waals surface area contributed by atoms with Gasteiger partial charge in [-0.15, -0.1) is 0 Å². The van der Waals surface area contributed by atoms with Gasteiger partial charge in [0.25, 0.3) is 0 Å². The molecule has 1 N–H and O–H groups in total. The van der Waals surface area contributed by atoms with E-state index in [0.717, 1.165) is 0 Å². The first kappa shape index (κ1) is 18.4. The van der Waals surface area contributed by atoms with Crippen molar-refractivity contribution in [1.29, 1.82) is 0 Å². The second-order valence-electron chi connectivity index (χ2n) is 7.44. The van der Waals surface area contributed by atoms with Crippen molar-refractivity contribution in [2.24, 2.45) is 29.6 Å². The lowest BCUT2D eigenvalue weighted by atomic mass is 9.78. The summed E-state index contributed by atoms with van der Waals surface area (Å²) in [5, 5.41) is 9.46. The summed E-state index contributed by atoms with van der Waals surface area (Å²) in [6.07, 6.45) is -1.61. The molecule has 8 atom stereocenters. The predicted molar refractivity (Wildman–Crippen MR) is 85.5 cm³/mol. The van der Waals surface area contributed by atoms with Gasteiger partial charge in [0.1, 0.15) is 18.3 Å². The number of carboxylic acid groups (broad SMARTS) is 1. The van der Waals surface area contributed by atoms with Gasteiger partial charge >= 0.3 is 23.9 Å². The molecule has 1 aliphatic heterocycles. The lowest BCUT2D eigenvalue weighted by Crippen LogP contribution is -2.44. The summed E-state index contributed by atoms with van der Waals surface area (Å²) in [7, 11) is 0. The van der Waals surface area contributed by atoms with E-state index in [2.05, 4.69) is 6.58 Å². The molecule has 3 rings (SSSR count). The SMILES string of the molecule is C=C(C)C(=O)OC(C)C(C)C(=O)OC1C2CC3C1OC(=O)C3C2C(=O)O. The molecule has 2 bridgehead atoms. The molecule has 0 aromatic rings. The third kappa shape index (κ3) is 2.77. The van der Waals surface area contributed by atoms with Crippen LogP contribution in [0.2, 0.25) is 0 Å². The first-order valence-corrected chi connectivity index (χ1v) is 8.63. The Labute approximate surface area is 150 Å². The highest BCUT2D eigenvalue weighted by atomic mass is 16.6. The van der Waals surface area contributed by atoms with Crippen LogP contribution in [0.4, 0.5) is 0 Å². The Morgan fingerprint density at radius 3 is 2.50 bits per heavy atom. The highest BCUT2D eigenvalue weighted by Crippen LogP contribution is 2.58. The number of carbonyl (C=O) groups excluding carboxylic acids is 3. The van der Waals surface area contributed by atoms with Crippen LogP contribution in [0, 0.1) is 29.6 Å². The van der Waals surface area contributed by atoms with Crippen molar-refractivity contribution in [3.05, 3.63) is 12.2 Å². The maximum absolute atomic E-state index is 12.5. The Morgan fingerprint density at radius 2 is 1.92 bits per heavy atom. The number of hydrogen-bond acceptors (Lipinski definition) is 7. The number of carbonyl (C=O) groups is 4. The van der Waals surface area contributed by atoms with Crippen LogP contribution < -0.4 is 0 Å². The topological polar surface area (TPSA) is 116 Å². The number of ether oxygens (including phenoxy) is 3. The Balaban J connectivity index is 1.68. The van der Waals surface area contributed by atoms with Crippen molar-refractivity contribution in [2.45, 2.75) is 45.5 Å². The van der Waals surface area contributed by atoms with Crippen LogP contribution in [-0.2, 0) is 33.4 Å². The van der Waals surface area contributed by atoms with Crippen molar-refractivity contribution in [3.8, 4) is 0 Å². The average molecular weight is 366 g/mol. The van der Waals surface area contributed by atoms with Crippen molar-refractivity contribution < 1.29 is 38.5 Å². The summed E-state index contributed by atoms with van der Waals surface area (Å²) in [6, 6.07) is 0. The van der Waals surface area contributed by atoms with E-state index in [1.54, 1.807) is 13.8 Å². The van der Waals surface area contributed by atoms with Gasteiger partial charge in [-0.1, -0.05) is 6.58 Å². The smallest absolute Gasteiger partial charge is 0.333 e. The Kier molecular flexibility index (Phi) is 4.54. The first-order chi connectivity index (χ1) is 12.1. The van der Waals surface area contributed by atoms with E-state index >= 15 is 0 Å². The summed E-state index contributed by atoms with van der Waals surface area (Å²) >= 11 is 0. The van der Waals surface area contributed by atoms with E-state index in [1.807, 2.05) is 0 Å². The summed E-state index contributed by atoms with van der Waals surface area (Å²) in [6.45, 7) is 8.12. The van der Waals surface area contributed by atoms with Gasteiger partial charge in [0.05, 0.1) is 17.8 Å². The van der Waals surface area contributed by atoms with Crippen molar-refractivity contribution in [1.82, 2.24) is 0 Å². The van der Waals surface area contributed by atoms with E-state index in [0.29, 0.717) is 6.42 Å². The van der Waals surface area contributed by atoms with E-state index in [-0.39, 0.29) is 11.5 Å². The molecule has 0 spiro atoms. The molecule has 1 heterocycles. The summed E-state index contributed by atoms with van der Waals surface area (Å²) < 4.78 is 16.0. The van der Waals surface area contributed by atoms with Gasteiger partial charge in [-0.3, -0.25) is 14.4 Å². The highest BCUT2D eigenvalue weighted by Gasteiger charge is 2.70. The molecule has 142 valence electrons. The van der Waals surface area contributed by atoms with Gasteiger partial charge < -0.3 is 19.3 Å². The molecule has 8 nitrogen and oxygen atoms in total. The largest absolute Gasteiger partial charge is 0.481 e. The number of fused-ring (bicyclic) bond motifs is 1. The number of esters is 3. The molecule has 26 heavy (non-hydrogen) atoms. The first-order valence-electron chi connectivity index (χ1n) is 8.63. The van der Waals surface area contributed by atoms with E-state index < -0.39 is 65.9 Å². The van der Waals surface area contributed by atoms with Crippen LogP contribution in [0.1, 0.15) is 27.2 Å². The number of aliphatic carboxylic acids is 1. The fraction of sp³-hybridized carbons (Fsp3) is 0.667. The number of rotatable bonds is 6. The van der Waals surface area contributed by atoms with E-state index in [4.69, 9.17) is 14.2 Å². The minimum Gasteiger partial charge on any atom is -0.481 e. The molecular weight excluding hydrogens is 344 g/mol. The van der Waals surface area contributed by atoms with Gasteiger partial charge in [0.15, 0.2) is 0 Å². The maximum atomic E-state index is 12.5. The molecule has 8 unspecified atom stereocenters. The maximum Gasteiger partial charge on any atom is 0.333 e. The molecule has 0 amide bonds. The molecule has 8 heteroatoms. The second kappa shape index (κ2) is 6.41. The second-order valence-corrected chi connectivity index (χ2v) is 7.44.